The van der Waals surface area contributed by atoms with Gasteiger partial charge < -0.3 is 5.32 Å². The zero-order valence-corrected chi connectivity index (χ0v) is 12.4. The summed E-state index contributed by atoms with van der Waals surface area (Å²) >= 11 is 3.29. The second-order valence-corrected chi connectivity index (χ2v) is 6.90. The molecule has 5 heteroatoms. The molecule has 1 aromatic carbocycles. The predicted octanol–water partition coefficient (Wildman–Crippen LogP) is 2.61. The molecule has 0 bridgehead atoms. The Hall–Kier alpha value is -0.390. The summed E-state index contributed by atoms with van der Waals surface area (Å²) in [5.74, 6) is 0.200. The molecular weight excluding hydrogens is 302 g/mol. The van der Waals surface area contributed by atoms with Gasteiger partial charge >= 0.3 is 0 Å². The summed E-state index contributed by atoms with van der Waals surface area (Å²) in [6.07, 6.45) is 1.72. The number of rotatable bonds is 7. The number of hydrogen-bond donors (Lipinski definition) is 1. The summed E-state index contributed by atoms with van der Waals surface area (Å²) < 4.78 is 24.8. The van der Waals surface area contributed by atoms with Gasteiger partial charge in [0.2, 0.25) is 0 Å². The van der Waals surface area contributed by atoms with Gasteiger partial charge in [-0.3, -0.25) is 0 Å². The molecule has 0 amide bonds. The van der Waals surface area contributed by atoms with Gasteiger partial charge in [0.15, 0.2) is 9.84 Å². The molecule has 0 aliphatic rings. The van der Waals surface area contributed by atoms with Crippen LogP contribution in [0.5, 0.6) is 0 Å². The van der Waals surface area contributed by atoms with E-state index in [2.05, 4.69) is 28.2 Å². The monoisotopic (exact) mass is 319 g/mol. The molecule has 0 aliphatic carbocycles. The van der Waals surface area contributed by atoms with Crippen LogP contribution in [0.3, 0.4) is 0 Å². The lowest BCUT2D eigenvalue weighted by molar-refractivity contribution is 0.588. The standard InChI is InChI=1S/C12H18BrNO2S/c1-2-8-14-9-3-10-17(15,16)12-6-4-11(13)5-7-12/h4-7,14H,2-3,8-10H2,1H3. The van der Waals surface area contributed by atoms with Gasteiger partial charge in [0, 0.05) is 4.47 Å². The fourth-order valence-corrected chi connectivity index (χ4v) is 3.02. The summed E-state index contributed by atoms with van der Waals surface area (Å²) in [7, 11) is -3.13. The van der Waals surface area contributed by atoms with E-state index in [9.17, 15) is 8.42 Å². The highest BCUT2D eigenvalue weighted by Crippen LogP contribution is 2.16. The lowest BCUT2D eigenvalue weighted by atomic mass is 10.4. The van der Waals surface area contributed by atoms with Crippen LogP contribution in [0.25, 0.3) is 0 Å². The summed E-state index contributed by atoms with van der Waals surface area (Å²) in [5.41, 5.74) is 0. The third-order valence-corrected chi connectivity index (χ3v) is 4.71. The van der Waals surface area contributed by atoms with Crippen molar-refractivity contribution in [1.82, 2.24) is 5.32 Å². The second kappa shape index (κ2) is 7.13. The van der Waals surface area contributed by atoms with E-state index >= 15 is 0 Å². The molecule has 0 radical (unpaired) electrons. The van der Waals surface area contributed by atoms with E-state index in [1.807, 2.05) is 0 Å². The highest BCUT2D eigenvalue weighted by molar-refractivity contribution is 9.10. The molecule has 1 rings (SSSR count). The molecule has 0 spiro atoms. The summed E-state index contributed by atoms with van der Waals surface area (Å²) in [6.45, 7) is 3.79. The van der Waals surface area contributed by atoms with Crippen LogP contribution in [0.4, 0.5) is 0 Å². The van der Waals surface area contributed by atoms with Crippen molar-refractivity contribution < 1.29 is 8.42 Å². The number of hydrogen-bond acceptors (Lipinski definition) is 3. The van der Waals surface area contributed by atoms with Gasteiger partial charge in [0.25, 0.3) is 0 Å². The molecule has 0 fully saturated rings. The van der Waals surface area contributed by atoms with E-state index in [4.69, 9.17) is 0 Å². The maximum atomic E-state index is 11.9. The van der Waals surface area contributed by atoms with Gasteiger partial charge in [-0.25, -0.2) is 8.42 Å². The van der Waals surface area contributed by atoms with Crippen molar-refractivity contribution in [1.29, 1.82) is 0 Å². The first-order valence-electron chi connectivity index (χ1n) is 5.75. The zero-order valence-electron chi connectivity index (χ0n) is 9.95. The van der Waals surface area contributed by atoms with Gasteiger partial charge in [0.1, 0.15) is 0 Å². The summed E-state index contributed by atoms with van der Waals surface area (Å²) in [4.78, 5) is 0.399. The fourth-order valence-electron chi connectivity index (χ4n) is 1.45. The first-order valence-corrected chi connectivity index (χ1v) is 8.20. The Bertz CT molecular complexity index is 428. The van der Waals surface area contributed by atoms with E-state index in [1.165, 1.54) is 0 Å². The fraction of sp³-hybridized carbons (Fsp3) is 0.500. The Morgan fingerprint density at radius 3 is 2.41 bits per heavy atom. The van der Waals surface area contributed by atoms with Crippen molar-refractivity contribution in [2.75, 3.05) is 18.8 Å². The first kappa shape index (κ1) is 14.7. The Balaban J connectivity index is 2.48. The van der Waals surface area contributed by atoms with Crippen LogP contribution in [-0.2, 0) is 9.84 Å². The molecule has 96 valence electrons. The van der Waals surface area contributed by atoms with E-state index in [0.717, 1.165) is 24.0 Å². The molecule has 0 saturated carbocycles. The van der Waals surface area contributed by atoms with Gasteiger partial charge in [-0.15, -0.1) is 0 Å². The molecule has 0 atom stereocenters. The topological polar surface area (TPSA) is 46.2 Å². The lowest BCUT2D eigenvalue weighted by Gasteiger charge is -2.05. The van der Waals surface area contributed by atoms with Gasteiger partial charge in [-0.05, 0) is 50.2 Å². The molecule has 0 aromatic heterocycles. The van der Waals surface area contributed by atoms with E-state index in [1.54, 1.807) is 24.3 Å². The lowest BCUT2D eigenvalue weighted by Crippen LogP contribution is -2.19. The van der Waals surface area contributed by atoms with Crippen molar-refractivity contribution in [2.24, 2.45) is 0 Å². The number of nitrogens with one attached hydrogen (secondary N) is 1. The first-order chi connectivity index (χ1) is 8.06. The minimum atomic E-state index is -3.13. The zero-order chi connectivity index (χ0) is 12.7. The van der Waals surface area contributed by atoms with Crippen LogP contribution < -0.4 is 5.32 Å². The molecular formula is C12H18BrNO2S. The largest absolute Gasteiger partial charge is 0.317 e. The maximum Gasteiger partial charge on any atom is 0.178 e. The Kier molecular flexibility index (Phi) is 6.16. The molecule has 0 saturated heterocycles. The van der Waals surface area contributed by atoms with E-state index < -0.39 is 9.84 Å². The maximum absolute atomic E-state index is 11.9. The van der Waals surface area contributed by atoms with Crippen LogP contribution in [0, 0.1) is 0 Å². The third-order valence-electron chi connectivity index (χ3n) is 2.37. The Labute approximate surface area is 112 Å². The highest BCUT2D eigenvalue weighted by Gasteiger charge is 2.13. The average molecular weight is 320 g/mol. The van der Waals surface area contributed by atoms with Crippen molar-refractivity contribution in [2.45, 2.75) is 24.7 Å². The number of halogens is 1. The smallest absolute Gasteiger partial charge is 0.178 e. The van der Waals surface area contributed by atoms with Crippen molar-refractivity contribution in [3.8, 4) is 0 Å². The van der Waals surface area contributed by atoms with Gasteiger partial charge in [-0.2, -0.15) is 0 Å². The van der Waals surface area contributed by atoms with Crippen LogP contribution in [-0.4, -0.2) is 27.3 Å². The van der Waals surface area contributed by atoms with Crippen molar-refractivity contribution in [3.63, 3.8) is 0 Å². The average Bonchev–Trinajstić information content (AvgIpc) is 2.29. The molecule has 0 unspecified atom stereocenters. The summed E-state index contributed by atoms with van der Waals surface area (Å²) in [6, 6.07) is 6.78. The van der Waals surface area contributed by atoms with Crippen molar-refractivity contribution in [3.05, 3.63) is 28.7 Å². The molecule has 1 N–H and O–H groups in total. The minimum absolute atomic E-state index is 0.200. The van der Waals surface area contributed by atoms with Crippen LogP contribution >= 0.6 is 15.9 Å². The van der Waals surface area contributed by atoms with Gasteiger partial charge in [0.05, 0.1) is 10.6 Å². The van der Waals surface area contributed by atoms with E-state index in [-0.39, 0.29) is 5.75 Å². The quantitative estimate of drug-likeness (QED) is 0.786. The van der Waals surface area contributed by atoms with Crippen LogP contribution in [0.15, 0.2) is 33.6 Å². The molecule has 17 heavy (non-hydrogen) atoms. The Morgan fingerprint density at radius 1 is 1.18 bits per heavy atom. The number of benzene rings is 1. The third kappa shape index (κ3) is 5.19. The van der Waals surface area contributed by atoms with Crippen LogP contribution in [0.2, 0.25) is 0 Å². The minimum Gasteiger partial charge on any atom is -0.317 e. The molecule has 1 aromatic rings. The normalized spacial score (nSPS) is 11.6. The molecule has 0 heterocycles. The van der Waals surface area contributed by atoms with E-state index in [0.29, 0.717) is 11.3 Å². The Morgan fingerprint density at radius 2 is 1.82 bits per heavy atom. The molecule has 0 aliphatic heterocycles. The SMILES string of the molecule is CCCNCCCS(=O)(=O)c1ccc(Br)cc1. The van der Waals surface area contributed by atoms with Crippen molar-refractivity contribution >= 4 is 25.8 Å². The van der Waals surface area contributed by atoms with Crippen LogP contribution in [0.1, 0.15) is 19.8 Å². The second-order valence-electron chi connectivity index (χ2n) is 3.88. The highest BCUT2D eigenvalue weighted by atomic mass is 79.9. The predicted molar refractivity (Wildman–Crippen MR) is 74.0 cm³/mol. The number of sulfone groups is 1. The molecule has 3 nitrogen and oxygen atoms in total. The van der Waals surface area contributed by atoms with Gasteiger partial charge in [-0.1, -0.05) is 22.9 Å². The summed E-state index contributed by atoms with van der Waals surface area (Å²) in [5, 5.41) is 3.20.